The number of likely N-dealkylation sites (tertiary alicyclic amines) is 1. The highest BCUT2D eigenvalue weighted by molar-refractivity contribution is 4.96. The highest BCUT2D eigenvalue weighted by Gasteiger charge is 2.41. The Morgan fingerprint density at radius 3 is 2.27 bits per heavy atom. The van der Waals surface area contributed by atoms with Gasteiger partial charge < -0.3 is 5.32 Å². The SMILES string of the molecule is CNC1CCCC1N1CC2CCCC2C1. The Hall–Kier alpha value is -0.0800. The van der Waals surface area contributed by atoms with Crippen LogP contribution in [0.2, 0.25) is 0 Å². The zero-order chi connectivity index (χ0) is 10.3. The molecular formula is C13H24N2. The minimum atomic E-state index is 0.781. The summed E-state index contributed by atoms with van der Waals surface area (Å²) in [5, 5.41) is 3.51. The smallest absolute Gasteiger partial charge is 0.0249 e. The quantitative estimate of drug-likeness (QED) is 0.745. The molecule has 0 spiro atoms. The Morgan fingerprint density at radius 2 is 1.60 bits per heavy atom. The van der Waals surface area contributed by atoms with E-state index >= 15 is 0 Å². The molecule has 2 saturated carbocycles. The first kappa shape index (κ1) is 10.1. The lowest BCUT2D eigenvalue weighted by molar-refractivity contribution is 0.200. The zero-order valence-corrected chi connectivity index (χ0v) is 9.91. The van der Waals surface area contributed by atoms with Crippen LogP contribution in [0.25, 0.3) is 0 Å². The van der Waals surface area contributed by atoms with E-state index in [0.717, 1.165) is 23.9 Å². The molecule has 3 fully saturated rings. The summed E-state index contributed by atoms with van der Waals surface area (Å²) in [5.74, 6) is 2.12. The summed E-state index contributed by atoms with van der Waals surface area (Å²) < 4.78 is 0. The minimum Gasteiger partial charge on any atom is -0.315 e. The van der Waals surface area contributed by atoms with E-state index in [1.165, 1.54) is 51.6 Å². The van der Waals surface area contributed by atoms with E-state index in [1.807, 2.05) is 0 Å². The van der Waals surface area contributed by atoms with Crippen molar-refractivity contribution in [1.29, 1.82) is 0 Å². The molecule has 1 heterocycles. The molecule has 1 N–H and O–H groups in total. The van der Waals surface area contributed by atoms with E-state index in [9.17, 15) is 0 Å². The number of fused-ring (bicyclic) bond motifs is 1. The van der Waals surface area contributed by atoms with E-state index in [0.29, 0.717) is 0 Å². The third-order valence-corrected chi connectivity index (χ3v) is 5.07. The Morgan fingerprint density at radius 1 is 0.933 bits per heavy atom. The number of nitrogens with zero attached hydrogens (tertiary/aromatic N) is 1. The molecule has 86 valence electrons. The van der Waals surface area contributed by atoms with Crippen molar-refractivity contribution in [2.75, 3.05) is 20.1 Å². The summed E-state index contributed by atoms with van der Waals surface area (Å²) in [6.07, 6.45) is 8.79. The van der Waals surface area contributed by atoms with Gasteiger partial charge in [-0.25, -0.2) is 0 Å². The maximum Gasteiger partial charge on any atom is 0.0249 e. The van der Waals surface area contributed by atoms with Crippen molar-refractivity contribution in [2.45, 2.75) is 50.6 Å². The highest BCUT2D eigenvalue weighted by atomic mass is 15.2. The molecule has 0 amide bonds. The lowest BCUT2D eigenvalue weighted by Gasteiger charge is -2.29. The molecule has 3 rings (SSSR count). The average Bonchev–Trinajstić information content (AvgIpc) is 2.91. The van der Waals surface area contributed by atoms with Crippen molar-refractivity contribution in [3.63, 3.8) is 0 Å². The molecular weight excluding hydrogens is 184 g/mol. The summed E-state index contributed by atoms with van der Waals surface area (Å²) in [6.45, 7) is 2.82. The van der Waals surface area contributed by atoms with Gasteiger partial charge in [-0.05, 0) is 44.6 Å². The number of nitrogens with one attached hydrogen (secondary N) is 1. The van der Waals surface area contributed by atoms with Gasteiger partial charge in [0.1, 0.15) is 0 Å². The molecule has 3 aliphatic rings. The summed E-state index contributed by atoms with van der Waals surface area (Å²) in [6, 6.07) is 1.64. The van der Waals surface area contributed by atoms with E-state index < -0.39 is 0 Å². The van der Waals surface area contributed by atoms with Crippen molar-refractivity contribution in [3.05, 3.63) is 0 Å². The van der Waals surface area contributed by atoms with Crippen LogP contribution < -0.4 is 5.32 Å². The maximum atomic E-state index is 3.51. The zero-order valence-electron chi connectivity index (χ0n) is 9.91. The molecule has 1 aliphatic heterocycles. The van der Waals surface area contributed by atoms with E-state index in [-0.39, 0.29) is 0 Å². The first-order valence-electron chi connectivity index (χ1n) is 6.80. The van der Waals surface area contributed by atoms with Crippen molar-refractivity contribution in [1.82, 2.24) is 10.2 Å². The van der Waals surface area contributed by atoms with Crippen LogP contribution in [0.1, 0.15) is 38.5 Å². The normalized spacial score (nSPS) is 46.2. The number of rotatable bonds is 2. The van der Waals surface area contributed by atoms with Gasteiger partial charge >= 0.3 is 0 Å². The van der Waals surface area contributed by atoms with Gasteiger partial charge in [-0.1, -0.05) is 12.8 Å². The predicted octanol–water partition coefficient (Wildman–Crippen LogP) is 1.86. The third-order valence-electron chi connectivity index (χ3n) is 5.07. The first-order chi connectivity index (χ1) is 7.38. The topological polar surface area (TPSA) is 15.3 Å². The lowest BCUT2D eigenvalue weighted by atomic mass is 10.0. The molecule has 15 heavy (non-hydrogen) atoms. The molecule has 1 saturated heterocycles. The summed E-state index contributed by atoms with van der Waals surface area (Å²) in [5.41, 5.74) is 0. The molecule has 2 heteroatoms. The second-order valence-corrected chi connectivity index (χ2v) is 5.80. The summed E-state index contributed by atoms with van der Waals surface area (Å²) >= 11 is 0. The Kier molecular flexibility index (Phi) is 2.73. The minimum absolute atomic E-state index is 0.781. The summed E-state index contributed by atoms with van der Waals surface area (Å²) in [7, 11) is 2.14. The van der Waals surface area contributed by atoms with Gasteiger partial charge in [0, 0.05) is 25.2 Å². The van der Waals surface area contributed by atoms with Crippen LogP contribution >= 0.6 is 0 Å². The Bertz CT molecular complexity index is 217. The van der Waals surface area contributed by atoms with Crippen LogP contribution in [0.3, 0.4) is 0 Å². The second-order valence-electron chi connectivity index (χ2n) is 5.80. The molecule has 4 unspecified atom stereocenters. The van der Waals surface area contributed by atoms with Crippen molar-refractivity contribution in [3.8, 4) is 0 Å². The van der Waals surface area contributed by atoms with Gasteiger partial charge in [0.05, 0.1) is 0 Å². The molecule has 0 bridgehead atoms. The van der Waals surface area contributed by atoms with Crippen LogP contribution in [-0.2, 0) is 0 Å². The van der Waals surface area contributed by atoms with E-state index in [2.05, 4.69) is 17.3 Å². The Labute approximate surface area is 93.4 Å². The van der Waals surface area contributed by atoms with Crippen LogP contribution in [0, 0.1) is 11.8 Å². The van der Waals surface area contributed by atoms with E-state index in [1.54, 1.807) is 0 Å². The van der Waals surface area contributed by atoms with E-state index in [4.69, 9.17) is 0 Å². The van der Waals surface area contributed by atoms with Gasteiger partial charge in [-0.3, -0.25) is 4.90 Å². The lowest BCUT2D eigenvalue weighted by Crippen LogP contribution is -2.45. The number of hydrogen-bond acceptors (Lipinski definition) is 2. The van der Waals surface area contributed by atoms with Crippen LogP contribution in [0.4, 0.5) is 0 Å². The summed E-state index contributed by atoms with van der Waals surface area (Å²) in [4.78, 5) is 2.81. The Balaban J connectivity index is 1.64. The van der Waals surface area contributed by atoms with Gasteiger partial charge in [0.2, 0.25) is 0 Å². The fraction of sp³-hybridized carbons (Fsp3) is 1.00. The third kappa shape index (κ3) is 1.72. The largest absolute Gasteiger partial charge is 0.315 e. The molecule has 0 aromatic carbocycles. The average molecular weight is 208 g/mol. The van der Waals surface area contributed by atoms with Gasteiger partial charge in [0.15, 0.2) is 0 Å². The van der Waals surface area contributed by atoms with Crippen molar-refractivity contribution >= 4 is 0 Å². The molecule has 0 radical (unpaired) electrons. The van der Waals surface area contributed by atoms with Crippen molar-refractivity contribution in [2.24, 2.45) is 11.8 Å². The molecule has 4 atom stereocenters. The van der Waals surface area contributed by atoms with Gasteiger partial charge in [-0.2, -0.15) is 0 Å². The second kappa shape index (κ2) is 4.06. The number of likely N-dealkylation sites (N-methyl/N-ethyl adjacent to an activating group) is 1. The first-order valence-corrected chi connectivity index (χ1v) is 6.80. The van der Waals surface area contributed by atoms with Crippen LogP contribution in [-0.4, -0.2) is 37.1 Å². The molecule has 2 aliphatic carbocycles. The monoisotopic (exact) mass is 208 g/mol. The van der Waals surface area contributed by atoms with Gasteiger partial charge in [-0.15, -0.1) is 0 Å². The fourth-order valence-corrected chi connectivity index (χ4v) is 4.26. The maximum absolute atomic E-state index is 3.51. The predicted molar refractivity (Wildman–Crippen MR) is 62.9 cm³/mol. The van der Waals surface area contributed by atoms with Gasteiger partial charge in [0.25, 0.3) is 0 Å². The molecule has 0 aromatic rings. The highest BCUT2D eigenvalue weighted by Crippen LogP contribution is 2.40. The standard InChI is InChI=1S/C13H24N2/c1-14-12-6-3-7-13(12)15-8-10-4-2-5-11(10)9-15/h10-14H,2-9H2,1H3. The molecule has 2 nitrogen and oxygen atoms in total. The van der Waals surface area contributed by atoms with Crippen molar-refractivity contribution < 1.29 is 0 Å². The fourth-order valence-electron chi connectivity index (χ4n) is 4.26. The number of hydrogen-bond donors (Lipinski definition) is 1. The van der Waals surface area contributed by atoms with Crippen LogP contribution in [0.15, 0.2) is 0 Å². The molecule has 0 aromatic heterocycles. The van der Waals surface area contributed by atoms with Crippen LogP contribution in [0.5, 0.6) is 0 Å².